The Morgan fingerprint density at radius 2 is 1.69 bits per heavy atom. The number of rotatable bonds is 8. The Balaban J connectivity index is 3.44. The largest absolute Gasteiger partial charge is 0.309 e. The van der Waals surface area contributed by atoms with Crippen molar-refractivity contribution in [1.82, 2.24) is 9.80 Å². The van der Waals surface area contributed by atoms with Crippen molar-refractivity contribution < 1.29 is 0 Å². The summed E-state index contributed by atoms with van der Waals surface area (Å²) >= 11 is 3.49. The number of alkyl halides is 1. The van der Waals surface area contributed by atoms with Crippen LogP contribution < -0.4 is 0 Å². The minimum atomic E-state index is 1.09. The molecule has 0 spiro atoms. The van der Waals surface area contributed by atoms with Gasteiger partial charge in [-0.2, -0.15) is 0 Å². The second-order valence-electron chi connectivity index (χ2n) is 3.69. The number of hydrogen-bond acceptors (Lipinski definition) is 2. The summed E-state index contributed by atoms with van der Waals surface area (Å²) in [5.74, 6) is 0. The zero-order chi connectivity index (χ0) is 10.1. The van der Waals surface area contributed by atoms with Crippen molar-refractivity contribution in [2.45, 2.75) is 19.8 Å². The molecular formula is C10H23BrN2. The van der Waals surface area contributed by atoms with E-state index in [2.05, 4.69) is 46.7 Å². The third-order valence-corrected chi connectivity index (χ3v) is 2.37. The van der Waals surface area contributed by atoms with Crippen molar-refractivity contribution in [1.29, 1.82) is 0 Å². The summed E-state index contributed by atoms with van der Waals surface area (Å²) in [5.41, 5.74) is 0. The minimum absolute atomic E-state index is 1.09. The molecule has 0 amide bonds. The van der Waals surface area contributed by atoms with Crippen LogP contribution in [0.2, 0.25) is 0 Å². The Kier molecular flexibility index (Phi) is 9.25. The maximum Gasteiger partial charge on any atom is 0.0159 e. The van der Waals surface area contributed by atoms with Gasteiger partial charge in [0.2, 0.25) is 0 Å². The van der Waals surface area contributed by atoms with Gasteiger partial charge in [-0.25, -0.2) is 0 Å². The van der Waals surface area contributed by atoms with Crippen LogP contribution in [0, 0.1) is 0 Å². The molecule has 0 aromatic rings. The molecular weight excluding hydrogens is 228 g/mol. The van der Waals surface area contributed by atoms with Crippen LogP contribution in [0.5, 0.6) is 0 Å². The van der Waals surface area contributed by atoms with E-state index < -0.39 is 0 Å². The van der Waals surface area contributed by atoms with E-state index in [9.17, 15) is 0 Å². The van der Waals surface area contributed by atoms with Crippen LogP contribution in [0.1, 0.15) is 19.8 Å². The highest BCUT2D eigenvalue weighted by molar-refractivity contribution is 9.09. The smallest absolute Gasteiger partial charge is 0.0159 e. The fraction of sp³-hybridized carbons (Fsp3) is 1.00. The monoisotopic (exact) mass is 250 g/mol. The third kappa shape index (κ3) is 8.72. The number of hydrogen-bond donors (Lipinski definition) is 0. The average Bonchev–Trinajstić information content (AvgIpc) is 2.04. The first-order chi connectivity index (χ1) is 6.20. The maximum atomic E-state index is 3.49. The van der Waals surface area contributed by atoms with Gasteiger partial charge in [-0.05, 0) is 46.6 Å². The molecule has 0 atom stereocenters. The molecule has 0 aromatic heterocycles. The van der Waals surface area contributed by atoms with Gasteiger partial charge in [0, 0.05) is 11.9 Å². The fourth-order valence-corrected chi connectivity index (χ4v) is 1.88. The molecule has 0 saturated carbocycles. The molecule has 0 bridgehead atoms. The Morgan fingerprint density at radius 1 is 1.00 bits per heavy atom. The average molecular weight is 251 g/mol. The molecule has 0 aromatic carbocycles. The molecule has 3 heteroatoms. The van der Waals surface area contributed by atoms with Crippen molar-refractivity contribution in [3.05, 3.63) is 0 Å². The molecule has 0 saturated heterocycles. The number of nitrogens with zero attached hydrogens (tertiary/aromatic N) is 2. The predicted octanol–water partition coefficient (Wildman–Crippen LogP) is 2.04. The van der Waals surface area contributed by atoms with Gasteiger partial charge in [0.25, 0.3) is 0 Å². The topological polar surface area (TPSA) is 6.48 Å². The van der Waals surface area contributed by atoms with E-state index in [-0.39, 0.29) is 0 Å². The SMILES string of the molecule is CCCN(CCBr)CCCN(C)C. The van der Waals surface area contributed by atoms with E-state index in [0.29, 0.717) is 0 Å². The zero-order valence-corrected chi connectivity index (χ0v) is 10.8. The van der Waals surface area contributed by atoms with Crippen LogP contribution in [0.15, 0.2) is 0 Å². The summed E-state index contributed by atoms with van der Waals surface area (Å²) < 4.78 is 0. The van der Waals surface area contributed by atoms with E-state index >= 15 is 0 Å². The van der Waals surface area contributed by atoms with Gasteiger partial charge < -0.3 is 9.80 Å². The van der Waals surface area contributed by atoms with E-state index in [1.165, 1.54) is 39.0 Å². The molecule has 0 radical (unpaired) electrons. The molecule has 0 aliphatic heterocycles. The van der Waals surface area contributed by atoms with Crippen LogP contribution in [-0.4, -0.2) is 55.4 Å². The molecule has 0 fully saturated rings. The predicted molar refractivity (Wildman–Crippen MR) is 63.7 cm³/mol. The fourth-order valence-electron chi connectivity index (χ4n) is 1.38. The quantitative estimate of drug-likeness (QED) is 0.609. The molecule has 13 heavy (non-hydrogen) atoms. The Labute approximate surface area is 91.4 Å². The van der Waals surface area contributed by atoms with Crippen LogP contribution in [0.3, 0.4) is 0 Å². The lowest BCUT2D eigenvalue weighted by Gasteiger charge is -2.21. The van der Waals surface area contributed by atoms with Crippen molar-refractivity contribution >= 4 is 15.9 Å². The molecule has 0 unspecified atom stereocenters. The molecule has 0 heterocycles. The van der Waals surface area contributed by atoms with Crippen molar-refractivity contribution in [3.8, 4) is 0 Å². The second-order valence-corrected chi connectivity index (χ2v) is 4.48. The summed E-state index contributed by atoms with van der Waals surface area (Å²) in [7, 11) is 4.27. The minimum Gasteiger partial charge on any atom is -0.309 e. The first kappa shape index (κ1) is 13.4. The van der Waals surface area contributed by atoms with Gasteiger partial charge in [0.1, 0.15) is 0 Å². The lowest BCUT2D eigenvalue weighted by Crippen LogP contribution is -2.29. The van der Waals surface area contributed by atoms with Gasteiger partial charge in [-0.1, -0.05) is 22.9 Å². The highest BCUT2D eigenvalue weighted by atomic mass is 79.9. The van der Waals surface area contributed by atoms with Crippen LogP contribution in [0.4, 0.5) is 0 Å². The van der Waals surface area contributed by atoms with Gasteiger partial charge >= 0.3 is 0 Å². The highest BCUT2D eigenvalue weighted by Gasteiger charge is 2.01. The first-order valence-electron chi connectivity index (χ1n) is 5.13. The lowest BCUT2D eigenvalue weighted by atomic mass is 10.3. The zero-order valence-electron chi connectivity index (χ0n) is 9.22. The Bertz CT molecular complexity index is 101. The van der Waals surface area contributed by atoms with E-state index in [1.54, 1.807) is 0 Å². The first-order valence-corrected chi connectivity index (χ1v) is 6.26. The van der Waals surface area contributed by atoms with Crippen molar-refractivity contribution in [3.63, 3.8) is 0 Å². The molecule has 0 N–H and O–H groups in total. The van der Waals surface area contributed by atoms with Crippen molar-refractivity contribution in [2.75, 3.05) is 45.6 Å². The summed E-state index contributed by atoms with van der Waals surface area (Å²) in [6, 6.07) is 0. The van der Waals surface area contributed by atoms with Gasteiger partial charge in [0.15, 0.2) is 0 Å². The van der Waals surface area contributed by atoms with Crippen LogP contribution >= 0.6 is 15.9 Å². The third-order valence-electron chi connectivity index (χ3n) is 2.02. The molecule has 80 valence electrons. The van der Waals surface area contributed by atoms with Crippen LogP contribution in [-0.2, 0) is 0 Å². The van der Waals surface area contributed by atoms with E-state index in [4.69, 9.17) is 0 Å². The molecule has 2 nitrogen and oxygen atoms in total. The van der Waals surface area contributed by atoms with E-state index in [0.717, 1.165) is 5.33 Å². The molecule has 0 aliphatic carbocycles. The summed E-state index contributed by atoms with van der Waals surface area (Å²) in [5, 5.41) is 1.09. The van der Waals surface area contributed by atoms with Crippen molar-refractivity contribution in [2.24, 2.45) is 0 Å². The van der Waals surface area contributed by atoms with Gasteiger partial charge in [-0.3, -0.25) is 0 Å². The highest BCUT2D eigenvalue weighted by Crippen LogP contribution is 1.96. The van der Waals surface area contributed by atoms with Gasteiger partial charge in [0.05, 0.1) is 0 Å². The maximum absolute atomic E-state index is 3.49. The second kappa shape index (κ2) is 8.97. The molecule has 0 rings (SSSR count). The standard InChI is InChI=1S/C10H23BrN2/c1-4-7-13(10-6-11)9-5-8-12(2)3/h4-10H2,1-3H3. The lowest BCUT2D eigenvalue weighted by molar-refractivity contribution is 0.269. The van der Waals surface area contributed by atoms with E-state index in [1.807, 2.05) is 0 Å². The van der Waals surface area contributed by atoms with Gasteiger partial charge in [-0.15, -0.1) is 0 Å². The summed E-state index contributed by atoms with van der Waals surface area (Å²) in [4.78, 5) is 4.77. The Morgan fingerprint density at radius 3 is 2.15 bits per heavy atom. The van der Waals surface area contributed by atoms with Crippen LogP contribution in [0.25, 0.3) is 0 Å². The number of halogens is 1. The Hall–Kier alpha value is 0.400. The summed E-state index contributed by atoms with van der Waals surface area (Å²) in [6.07, 6.45) is 2.54. The normalized spacial score (nSPS) is 11.5. The molecule has 0 aliphatic rings. The summed E-state index contributed by atoms with van der Waals surface area (Å²) in [6.45, 7) is 7.09.